The summed E-state index contributed by atoms with van der Waals surface area (Å²) in [6, 6.07) is 5.15. The standard InChI is InChI=1S/C20H22N4O4/c25-17-4-3-16(18(26)23-17)24-19(27)14-2-1-11(8-15(14)20(24)28)22-13-6-10-5-12(7-13)21-9-10/h1-2,8,10,12-13,16,21-22H,3-7,9H2,(H,23,25,26). The highest BCUT2D eigenvalue weighted by Gasteiger charge is 2.44. The molecule has 2 saturated heterocycles. The van der Waals surface area contributed by atoms with E-state index in [9.17, 15) is 19.2 Å². The van der Waals surface area contributed by atoms with Gasteiger partial charge in [0.15, 0.2) is 0 Å². The third kappa shape index (κ3) is 2.79. The molecule has 4 aliphatic rings. The molecule has 28 heavy (non-hydrogen) atoms. The number of anilines is 1. The fourth-order valence-corrected chi connectivity index (χ4v) is 5.02. The number of hydrogen-bond acceptors (Lipinski definition) is 6. The maximum absolute atomic E-state index is 12.9. The zero-order valence-corrected chi connectivity index (χ0v) is 15.4. The van der Waals surface area contributed by atoms with Crippen molar-refractivity contribution in [3.05, 3.63) is 29.3 Å². The van der Waals surface area contributed by atoms with E-state index in [2.05, 4.69) is 16.0 Å². The van der Waals surface area contributed by atoms with E-state index in [0.717, 1.165) is 30.0 Å². The number of piperidine rings is 1. The molecule has 5 rings (SSSR count). The van der Waals surface area contributed by atoms with Crippen molar-refractivity contribution in [2.24, 2.45) is 5.92 Å². The van der Waals surface area contributed by atoms with Gasteiger partial charge < -0.3 is 10.6 Å². The second kappa shape index (κ2) is 6.41. The van der Waals surface area contributed by atoms with Gasteiger partial charge in [-0.2, -0.15) is 0 Å². The Bertz CT molecular complexity index is 886. The molecule has 0 radical (unpaired) electrons. The van der Waals surface area contributed by atoms with Crippen LogP contribution < -0.4 is 16.0 Å². The molecule has 4 unspecified atom stereocenters. The van der Waals surface area contributed by atoms with Gasteiger partial charge >= 0.3 is 0 Å². The van der Waals surface area contributed by atoms with Crippen LogP contribution in [0.25, 0.3) is 0 Å². The van der Waals surface area contributed by atoms with E-state index in [1.165, 1.54) is 6.42 Å². The number of fused-ring (bicyclic) bond motifs is 3. The summed E-state index contributed by atoms with van der Waals surface area (Å²) in [7, 11) is 0. The third-order valence-electron chi connectivity index (χ3n) is 6.31. The van der Waals surface area contributed by atoms with E-state index in [4.69, 9.17) is 0 Å². The maximum Gasteiger partial charge on any atom is 0.262 e. The molecule has 0 aromatic heterocycles. The molecule has 3 heterocycles. The second-order valence-electron chi connectivity index (χ2n) is 8.23. The Kier molecular flexibility index (Phi) is 3.97. The van der Waals surface area contributed by atoms with Crippen LogP contribution in [0.2, 0.25) is 0 Å². The highest BCUT2D eigenvalue weighted by Crippen LogP contribution is 2.33. The molecule has 146 valence electrons. The van der Waals surface area contributed by atoms with Crippen LogP contribution in [0.4, 0.5) is 5.69 Å². The lowest BCUT2D eigenvalue weighted by Crippen LogP contribution is -2.54. The highest BCUT2D eigenvalue weighted by molar-refractivity contribution is 6.23. The van der Waals surface area contributed by atoms with Crippen LogP contribution >= 0.6 is 0 Å². The molecule has 8 nitrogen and oxygen atoms in total. The number of amides is 4. The number of hydrogen-bond donors (Lipinski definition) is 3. The maximum atomic E-state index is 12.9. The fraction of sp³-hybridized carbons (Fsp3) is 0.500. The van der Waals surface area contributed by atoms with E-state index in [1.54, 1.807) is 12.1 Å². The van der Waals surface area contributed by atoms with Crippen molar-refractivity contribution in [1.29, 1.82) is 0 Å². The molecule has 2 bridgehead atoms. The Balaban J connectivity index is 1.36. The number of carbonyl (C=O) groups excluding carboxylic acids is 4. The van der Waals surface area contributed by atoms with Gasteiger partial charge in [-0.05, 0) is 56.3 Å². The molecule has 8 heteroatoms. The lowest BCUT2D eigenvalue weighted by Gasteiger charge is -2.28. The molecule has 3 fully saturated rings. The van der Waals surface area contributed by atoms with Crippen LogP contribution in [0.3, 0.4) is 0 Å². The quantitative estimate of drug-likeness (QED) is 0.663. The first-order valence-electron chi connectivity index (χ1n) is 9.85. The molecular formula is C20H22N4O4. The van der Waals surface area contributed by atoms with E-state index in [1.807, 2.05) is 6.07 Å². The van der Waals surface area contributed by atoms with Crippen molar-refractivity contribution in [3.63, 3.8) is 0 Å². The average molecular weight is 382 g/mol. The summed E-state index contributed by atoms with van der Waals surface area (Å²) in [4.78, 5) is 50.1. The molecule has 1 aromatic rings. The molecule has 3 aliphatic heterocycles. The summed E-state index contributed by atoms with van der Waals surface area (Å²) in [5, 5.41) is 9.25. The van der Waals surface area contributed by atoms with Gasteiger partial charge in [-0.3, -0.25) is 29.4 Å². The average Bonchev–Trinajstić information content (AvgIpc) is 3.12. The highest BCUT2D eigenvalue weighted by atomic mass is 16.2. The summed E-state index contributed by atoms with van der Waals surface area (Å²) < 4.78 is 0. The van der Waals surface area contributed by atoms with Gasteiger partial charge in [-0.1, -0.05) is 0 Å². The number of nitrogens with zero attached hydrogens (tertiary/aromatic N) is 1. The summed E-state index contributed by atoms with van der Waals surface area (Å²) in [5.74, 6) is -1.21. The lowest BCUT2D eigenvalue weighted by atomic mass is 9.86. The Labute approximate surface area is 162 Å². The molecule has 1 aromatic carbocycles. The first-order valence-corrected chi connectivity index (χ1v) is 9.85. The number of imide groups is 2. The third-order valence-corrected chi connectivity index (χ3v) is 6.31. The molecule has 3 N–H and O–H groups in total. The minimum absolute atomic E-state index is 0.120. The molecule has 1 saturated carbocycles. The normalized spacial score (nSPS) is 31.8. The Morgan fingerprint density at radius 1 is 1.00 bits per heavy atom. The van der Waals surface area contributed by atoms with Crippen molar-refractivity contribution in [1.82, 2.24) is 15.5 Å². The van der Waals surface area contributed by atoms with Crippen LogP contribution in [0.5, 0.6) is 0 Å². The second-order valence-corrected chi connectivity index (χ2v) is 8.23. The summed E-state index contributed by atoms with van der Waals surface area (Å²) in [6.45, 7) is 1.07. The number of carbonyl (C=O) groups is 4. The van der Waals surface area contributed by atoms with Gasteiger partial charge in [0.2, 0.25) is 11.8 Å². The SMILES string of the molecule is O=C1CCC(N2C(=O)c3ccc(NC4CC5CNC(C5)C4)cc3C2=O)C(=O)N1. The first kappa shape index (κ1) is 17.4. The van der Waals surface area contributed by atoms with Gasteiger partial charge in [-0.15, -0.1) is 0 Å². The number of rotatable bonds is 3. The van der Waals surface area contributed by atoms with Crippen LogP contribution in [0.1, 0.15) is 52.8 Å². The predicted molar refractivity (Wildman–Crippen MR) is 99.7 cm³/mol. The Hall–Kier alpha value is -2.74. The van der Waals surface area contributed by atoms with Gasteiger partial charge in [0.1, 0.15) is 6.04 Å². The number of nitrogens with one attached hydrogen (secondary N) is 3. The van der Waals surface area contributed by atoms with Crippen molar-refractivity contribution in [2.75, 3.05) is 11.9 Å². The smallest absolute Gasteiger partial charge is 0.262 e. The van der Waals surface area contributed by atoms with Gasteiger partial charge in [0, 0.05) is 24.2 Å². The summed E-state index contributed by atoms with van der Waals surface area (Å²) >= 11 is 0. The lowest BCUT2D eigenvalue weighted by molar-refractivity contribution is -0.136. The monoisotopic (exact) mass is 382 g/mol. The summed E-state index contributed by atoms with van der Waals surface area (Å²) in [6.07, 6.45) is 3.66. The van der Waals surface area contributed by atoms with Crippen molar-refractivity contribution < 1.29 is 19.2 Å². The van der Waals surface area contributed by atoms with E-state index < -0.39 is 23.8 Å². The van der Waals surface area contributed by atoms with Crippen LogP contribution in [-0.2, 0) is 9.59 Å². The molecule has 4 amide bonds. The minimum atomic E-state index is -0.929. The van der Waals surface area contributed by atoms with Gasteiger partial charge in [0.25, 0.3) is 11.8 Å². The van der Waals surface area contributed by atoms with Crippen LogP contribution in [0.15, 0.2) is 18.2 Å². The fourth-order valence-electron chi connectivity index (χ4n) is 5.02. The van der Waals surface area contributed by atoms with Crippen molar-refractivity contribution in [3.8, 4) is 0 Å². The number of benzene rings is 1. The van der Waals surface area contributed by atoms with Crippen molar-refractivity contribution in [2.45, 2.75) is 50.2 Å². The van der Waals surface area contributed by atoms with E-state index in [-0.39, 0.29) is 18.7 Å². The zero-order valence-electron chi connectivity index (χ0n) is 15.4. The topological polar surface area (TPSA) is 108 Å². The largest absolute Gasteiger partial charge is 0.382 e. The van der Waals surface area contributed by atoms with E-state index >= 15 is 0 Å². The summed E-state index contributed by atoms with van der Waals surface area (Å²) in [5.41, 5.74) is 1.44. The van der Waals surface area contributed by atoms with Crippen LogP contribution in [-0.4, -0.2) is 53.2 Å². The predicted octanol–water partition coefficient (Wildman–Crippen LogP) is 0.640. The van der Waals surface area contributed by atoms with Gasteiger partial charge in [0.05, 0.1) is 11.1 Å². The molecular weight excluding hydrogens is 360 g/mol. The molecule has 0 spiro atoms. The van der Waals surface area contributed by atoms with E-state index in [0.29, 0.717) is 29.1 Å². The Morgan fingerprint density at radius 3 is 2.61 bits per heavy atom. The zero-order chi connectivity index (χ0) is 19.4. The minimum Gasteiger partial charge on any atom is -0.382 e. The van der Waals surface area contributed by atoms with Crippen LogP contribution in [0, 0.1) is 5.92 Å². The molecule has 4 atom stereocenters. The van der Waals surface area contributed by atoms with Crippen molar-refractivity contribution >= 4 is 29.3 Å². The Morgan fingerprint density at radius 2 is 1.82 bits per heavy atom. The van der Waals surface area contributed by atoms with Gasteiger partial charge in [-0.25, -0.2) is 0 Å². The first-order chi connectivity index (χ1) is 13.5. The molecule has 1 aliphatic carbocycles.